The molecule has 0 saturated carbocycles. The minimum atomic E-state index is -1.27. The minimum absolute atomic E-state index is 0.128. The SMILES string of the molecule is O=C(O)c1ccccc1S(=O)CCC1CCCO1. The van der Waals surface area contributed by atoms with Crippen molar-refractivity contribution in [2.24, 2.45) is 0 Å². The van der Waals surface area contributed by atoms with Crippen LogP contribution < -0.4 is 0 Å². The summed E-state index contributed by atoms with van der Waals surface area (Å²) in [5.41, 5.74) is 0.128. The van der Waals surface area contributed by atoms with Crippen molar-refractivity contribution in [1.82, 2.24) is 0 Å². The van der Waals surface area contributed by atoms with Crippen LogP contribution >= 0.6 is 0 Å². The molecule has 1 N–H and O–H groups in total. The first kappa shape index (κ1) is 13.2. The zero-order valence-corrected chi connectivity index (χ0v) is 10.8. The molecular formula is C13H16O4S. The molecule has 1 aromatic rings. The standard InChI is InChI=1S/C13H16O4S/c14-13(15)11-5-1-2-6-12(11)18(16)9-7-10-4-3-8-17-10/h1-2,5-6,10H,3-4,7-9H2,(H,14,15). The van der Waals surface area contributed by atoms with Crippen molar-refractivity contribution in [2.45, 2.75) is 30.3 Å². The Bertz CT molecular complexity index is 452. The molecule has 98 valence electrons. The normalized spacial score (nSPS) is 20.8. The van der Waals surface area contributed by atoms with Gasteiger partial charge in [0.2, 0.25) is 0 Å². The monoisotopic (exact) mass is 268 g/mol. The van der Waals surface area contributed by atoms with Gasteiger partial charge in [-0.3, -0.25) is 4.21 Å². The Morgan fingerprint density at radius 3 is 2.89 bits per heavy atom. The lowest BCUT2D eigenvalue weighted by Gasteiger charge is -2.10. The van der Waals surface area contributed by atoms with Gasteiger partial charge in [-0.25, -0.2) is 4.79 Å². The predicted molar refractivity (Wildman–Crippen MR) is 68.3 cm³/mol. The maximum absolute atomic E-state index is 12.1. The highest BCUT2D eigenvalue weighted by atomic mass is 32.2. The molecule has 5 heteroatoms. The highest BCUT2D eigenvalue weighted by Crippen LogP contribution is 2.19. The molecule has 4 nitrogen and oxygen atoms in total. The third-order valence-electron chi connectivity index (χ3n) is 3.01. The van der Waals surface area contributed by atoms with Gasteiger partial charge in [-0.05, 0) is 31.4 Å². The van der Waals surface area contributed by atoms with E-state index in [-0.39, 0.29) is 11.7 Å². The van der Waals surface area contributed by atoms with Crippen molar-refractivity contribution in [3.05, 3.63) is 29.8 Å². The number of rotatable bonds is 5. The second kappa shape index (κ2) is 6.11. The van der Waals surface area contributed by atoms with Crippen LogP contribution in [-0.4, -0.2) is 33.7 Å². The Morgan fingerprint density at radius 2 is 2.22 bits per heavy atom. The third kappa shape index (κ3) is 3.17. The van der Waals surface area contributed by atoms with Crippen molar-refractivity contribution in [3.8, 4) is 0 Å². The molecule has 0 aliphatic carbocycles. The summed E-state index contributed by atoms with van der Waals surface area (Å²) in [4.78, 5) is 11.4. The first-order valence-electron chi connectivity index (χ1n) is 6.01. The van der Waals surface area contributed by atoms with Crippen LogP contribution in [0.15, 0.2) is 29.2 Å². The maximum Gasteiger partial charge on any atom is 0.336 e. The lowest BCUT2D eigenvalue weighted by atomic mass is 10.2. The van der Waals surface area contributed by atoms with Gasteiger partial charge in [-0.2, -0.15) is 0 Å². The van der Waals surface area contributed by atoms with Gasteiger partial charge in [0.15, 0.2) is 0 Å². The van der Waals surface area contributed by atoms with Gasteiger partial charge in [0, 0.05) is 12.4 Å². The molecule has 0 spiro atoms. The molecule has 2 rings (SSSR count). The predicted octanol–water partition coefficient (Wildman–Crippen LogP) is 2.06. The molecule has 1 heterocycles. The number of aromatic carboxylic acids is 1. The molecule has 1 aliphatic heterocycles. The van der Waals surface area contributed by atoms with Crippen molar-refractivity contribution in [3.63, 3.8) is 0 Å². The van der Waals surface area contributed by atoms with Gasteiger partial charge in [0.05, 0.1) is 27.4 Å². The number of benzene rings is 1. The summed E-state index contributed by atoms with van der Waals surface area (Å²) in [6.45, 7) is 0.781. The number of hydrogen-bond donors (Lipinski definition) is 1. The van der Waals surface area contributed by atoms with Crippen LogP contribution in [-0.2, 0) is 15.5 Å². The van der Waals surface area contributed by atoms with E-state index in [0.717, 1.165) is 25.9 Å². The molecule has 1 aromatic carbocycles. The fourth-order valence-corrected chi connectivity index (χ4v) is 3.39. The molecular weight excluding hydrogens is 252 g/mol. The Kier molecular flexibility index (Phi) is 4.49. The number of hydrogen-bond acceptors (Lipinski definition) is 3. The molecule has 2 unspecified atom stereocenters. The molecule has 0 bridgehead atoms. The summed E-state index contributed by atoms with van der Waals surface area (Å²) in [6.07, 6.45) is 2.98. The van der Waals surface area contributed by atoms with Crippen LogP contribution in [0, 0.1) is 0 Å². The van der Waals surface area contributed by atoms with E-state index in [1.807, 2.05) is 0 Å². The summed E-state index contributed by atoms with van der Waals surface area (Å²) in [6, 6.07) is 6.46. The van der Waals surface area contributed by atoms with Gasteiger partial charge >= 0.3 is 5.97 Å². The van der Waals surface area contributed by atoms with Crippen molar-refractivity contribution in [1.29, 1.82) is 0 Å². The minimum Gasteiger partial charge on any atom is -0.478 e. The van der Waals surface area contributed by atoms with E-state index in [1.54, 1.807) is 18.2 Å². The Balaban J connectivity index is 2.01. The van der Waals surface area contributed by atoms with Crippen LogP contribution in [0.25, 0.3) is 0 Å². The summed E-state index contributed by atoms with van der Waals surface area (Å²) in [7, 11) is -1.27. The van der Waals surface area contributed by atoms with Crippen molar-refractivity contribution >= 4 is 16.8 Å². The zero-order valence-electron chi connectivity index (χ0n) is 10.0. The highest BCUT2D eigenvalue weighted by Gasteiger charge is 2.19. The molecule has 1 saturated heterocycles. The quantitative estimate of drug-likeness (QED) is 0.888. The molecule has 2 atom stereocenters. The smallest absolute Gasteiger partial charge is 0.336 e. The van der Waals surface area contributed by atoms with Gasteiger partial charge in [0.1, 0.15) is 0 Å². The molecule has 0 aromatic heterocycles. The fourth-order valence-electron chi connectivity index (χ4n) is 2.06. The number of ether oxygens (including phenoxy) is 1. The van der Waals surface area contributed by atoms with Gasteiger partial charge in [-0.1, -0.05) is 12.1 Å². The largest absolute Gasteiger partial charge is 0.478 e. The van der Waals surface area contributed by atoms with E-state index in [1.165, 1.54) is 6.07 Å². The Labute approximate surface area is 108 Å². The van der Waals surface area contributed by atoms with E-state index in [4.69, 9.17) is 9.84 Å². The van der Waals surface area contributed by atoms with E-state index in [0.29, 0.717) is 10.6 Å². The number of carboxylic acids is 1. The van der Waals surface area contributed by atoms with Gasteiger partial charge < -0.3 is 9.84 Å². The average Bonchev–Trinajstić information content (AvgIpc) is 2.89. The lowest BCUT2D eigenvalue weighted by Crippen LogP contribution is -2.12. The van der Waals surface area contributed by atoms with Crippen LogP contribution in [0.4, 0.5) is 0 Å². The summed E-state index contributed by atoms with van der Waals surface area (Å²) < 4.78 is 17.6. The first-order chi connectivity index (χ1) is 8.68. The second-order valence-electron chi connectivity index (χ2n) is 4.27. The maximum atomic E-state index is 12.1. The van der Waals surface area contributed by atoms with E-state index in [2.05, 4.69) is 0 Å². The topological polar surface area (TPSA) is 63.6 Å². The Hall–Kier alpha value is -1.20. The number of carboxylic acid groups (broad SMARTS) is 1. The van der Waals surface area contributed by atoms with Gasteiger partial charge in [-0.15, -0.1) is 0 Å². The molecule has 0 radical (unpaired) electrons. The summed E-state index contributed by atoms with van der Waals surface area (Å²) in [5.74, 6) is -0.578. The zero-order chi connectivity index (χ0) is 13.0. The van der Waals surface area contributed by atoms with Crippen molar-refractivity contribution in [2.75, 3.05) is 12.4 Å². The second-order valence-corrected chi connectivity index (χ2v) is 5.81. The van der Waals surface area contributed by atoms with Crippen LogP contribution in [0.2, 0.25) is 0 Å². The Morgan fingerprint density at radius 1 is 1.44 bits per heavy atom. The fraction of sp³-hybridized carbons (Fsp3) is 0.462. The summed E-state index contributed by atoms with van der Waals surface area (Å²) in [5, 5.41) is 9.04. The highest BCUT2D eigenvalue weighted by molar-refractivity contribution is 7.85. The molecule has 18 heavy (non-hydrogen) atoms. The van der Waals surface area contributed by atoms with Crippen LogP contribution in [0.3, 0.4) is 0 Å². The van der Waals surface area contributed by atoms with Crippen molar-refractivity contribution < 1.29 is 18.8 Å². The van der Waals surface area contributed by atoms with Crippen LogP contribution in [0.5, 0.6) is 0 Å². The molecule has 1 aliphatic rings. The van der Waals surface area contributed by atoms with Gasteiger partial charge in [0.25, 0.3) is 0 Å². The van der Waals surface area contributed by atoms with E-state index >= 15 is 0 Å². The third-order valence-corrected chi connectivity index (χ3v) is 4.47. The summed E-state index contributed by atoms with van der Waals surface area (Å²) >= 11 is 0. The average molecular weight is 268 g/mol. The lowest BCUT2D eigenvalue weighted by molar-refractivity contribution is 0.0693. The number of carbonyl (C=O) groups is 1. The van der Waals surface area contributed by atoms with E-state index in [9.17, 15) is 9.00 Å². The van der Waals surface area contributed by atoms with Crippen LogP contribution in [0.1, 0.15) is 29.6 Å². The first-order valence-corrected chi connectivity index (χ1v) is 7.32. The van der Waals surface area contributed by atoms with E-state index < -0.39 is 16.8 Å². The molecule has 0 amide bonds. The molecule has 1 fully saturated rings.